The van der Waals surface area contributed by atoms with Crippen molar-refractivity contribution in [2.45, 2.75) is 24.9 Å². The molecule has 2 atom stereocenters. The van der Waals surface area contributed by atoms with Crippen LogP contribution in [0, 0.1) is 3.57 Å². The van der Waals surface area contributed by atoms with Crippen LogP contribution in [-0.4, -0.2) is 34.2 Å². The average molecular weight is 470 g/mol. The maximum Gasteiger partial charge on any atom is 0.328 e. The van der Waals surface area contributed by atoms with Crippen LogP contribution >= 0.6 is 22.6 Å². The first-order valence-electron chi connectivity index (χ1n) is 7.78. The Kier molecular flexibility index (Phi) is 6.95. The van der Waals surface area contributed by atoms with Crippen LogP contribution < -0.4 is 16.2 Å². The second-order valence-corrected chi connectivity index (χ2v) is 6.98. The van der Waals surface area contributed by atoms with Gasteiger partial charge >= 0.3 is 11.9 Å². The third kappa shape index (κ3) is 5.68. The molecule has 26 heavy (non-hydrogen) atoms. The lowest BCUT2D eigenvalue weighted by atomic mass is 10.1. The van der Waals surface area contributed by atoms with Gasteiger partial charge in [0, 0.05) is 0 Å². The van der Waals surface area contributed by atoms with E-state index >= 15 is 0 Å². The van der Waals surface area contributed by atoms with Crippen molar-refractivity contribution in [3.05, 3.63) is 57.2 Å². The number of carbonyl (C=O) groups excluding carboxylic acids is 1. The standard InChI is InChI=1S/C18H19IN2O5/c19-13-7-11(8-14(20)17(23)24)4-5-16(13)26-18(25)15(21)9-10-2-1-3-12(22)6-10/h1-7,14-15,22H,8-9,20-21H2,(H,23,24)/t14-,15?/m0/s1. The van der Waals surface area contributed by atoms with E-state index in [-0.39, 0.29) is 18.6 Å². The monoisotopic (exact) mass is 470 g/mol. The van der Waals surface area contributed by atoms with Gasteiger partial charge < -0.3 is 26.4 Å². The molecule has 0 heterocycles. The van der Waals surface area contributed by atoms with E-state index in [1.165, 1.54) is 12.1 Å². The van der Waals surface area contributed by atoms with E-state index in [0.717, 1.165) is 11.1 Å². The fourth-order valence-electron chi connectivity index (χ4n) is 2.30. The molecule has 2 aromatic rings. The van der Waals surface area contributed by atoms with Gasteiger partial charge in [0.25, 0.3) is 0 Å². The largest absolute Gasteiger partial charge is 0.508 e. The van der Waals surface area contributed by atoms with Crippen molar-refractivity contribution < 1.29 is 24.5 Å². The lowest BCUT2D eigenvalue weighted by molar-refractivity contribution is -0.138. The summed E-state index contributed by atoms with van der Waals surface area (Å²) in [5, 5.41) is 18.3. The minimum absolute atomic E-state index is 0.104. The molecule has 0 aliphatic carbocycles. The SMILES string of the molecule is NC(Cc1cccc(O)c1)C(=O)Oc1ccc(C[C@H](N)C(=O)O)cc1I. The molecule has 1 unspecified atom stereocenters. The lowest BCUT2D eigenvalue weighted by Crippen LogP contribution is -2.36. The number of phenolic OH excluding ortho intramolecular Hbond substituents is 1. The highest BCUT2D eigenvalue weighted by Gasteiger charge is 2.19. The molecule has 0 bridgehead atoms. The summed E-state index contributed by atoms with van der Waals surface area (Å²) in [6.45, 7) is 0. The summed E-state index contributed by atoms with van der Waals surface area (Å²) in [6, 6.07) is 9.60. The van der Waals surface area contributed by atoms with E-state index < -0.39 is 24.0 Å². The molecule has 2 rings (SSSR count). The Morgan fingerprint density at radius 3 is 2.31 bits per heavy atom. The predicted octanol–water partition coefficient (Wildman–Crippen LogP) is 1.43. The molecule has 0 amide bonds. The van der Waals surface area contributed by atoms with Gasteiger partial charge in [-0.15, -0.1) is 0 Å². The van der Waals surface area contributed by atoms with Gasteiger partial charge in [0.1, 0.15) is 23.6 Å². The molecule has 138 valence electrons. The average Bonchev–Trinajstić information content (AvgIpc) is 2.57. The quantitative estimate of drug-likeness (QED) is 0.273. The number of ether oxygens (including phenoxy) is 1. The Morgan fingerprint density at radius 2 is 1.69 bits per heavy atom. The van der Waals surface area contributed by atoms with Gasteiger partial charge in [-0.25, -0.2) is 4.79 Å². The number of phenols is 1. The van der Waals surface area contributed by atoms with Crippen molar-refractivity contribution >= 4 is 34.5 Å². The number of nitrogens with two attached hydrogens (primary N) is 2. The molecule has 7 nitrogen and oxygen atoms in total. The summed E-state index contributed by atoms with van der Waals surface area (Å²) >= 11 is 2.00. The van der Waals surface area contributed by atoms with Gasteiger partial charge in [-0.1, -0.05) is 18.2 Å². The first-order valence-corrected chi connectivity index (χ1v) is 8.86. The zero-order valence-corrected chi connectivity index (χ0v) is 15.9. The summed E-state index contributed by atoms with van der Waals surface area (Å²) in [6.07, 6.45) is 0.409. The number of aliphatic carboxylic acids is 1. The third-order valence-electron chi connectivity index (χ3n) is 3.65. The Hall–Kier alpha value is -2.17. The molecule has 0 fully saturated rings. The van der Waals surface area contributed by atoms with Crippen molar-refractivity contribution in [2.75, 3.05) is 0 Å². The third-order valence-corrected chi connectivity index (χ3v) is 4.49. The molecule has 0 radical (unpaired) electrons. The minimum Gasteiger partial charge on any atom is -0.508 e. The van der Waals surface area contributed by atoms with E-state index in [1.54, 1.807) is 30.3 Å². The Bertz CT molecular complexity index is 812. The number of hydrogen-bond acceptors (Lipinski definition) is 6. The zero-order valence-electron chi connectivity index (χ0n) is 13.8. The van der Waals surface area contributed by atoms with Crippen molar-refractivity contribution in [3.8, 4) is 11.5 Å². The smallest absolute Gasteiger partial charge is 0.328 e. The van der Waals surface area contributed by atoms with Gasteiger partial charge in [0.2, 0.25) is 0 Å². The van der Waals surface area contributed by atoms with E-state index in [1.807, 2.05) is 22.6 Å². The molecule has 6 N–H and O–H groups in total. The van der Waals surface area contributed by atoms with E-state index in [4.69, 9.17) is 21.3 Å². The second-order valence-electron chi connectivity index (χ2n) is 5.82. The second kappa shape index (κ2) is 8.97. The molecule has 0 aromatic heterocycles. The molecule has 8 heteroatoms. The molecular formula is C18H19IN2O5. The van der Waals surface area contributed by atoms with Crippen LogP contribution in [0.1, 0.15) is 11.1 Å². The first kappa shape index (κ1) is 20.1. The number of aromatic hydroxyl groups is 1. The summed E-state index contributed by atoms with van der Waals surface area (Å²) in [5.74, 6) is -1.22. The van der Waals surface area contributed by atoms with Crippen LogP contribution in [0.25, 0.3) is 0 Å². The number of benzene rings is 2. The highest BCUT2D eigenvalue weighted by atomic mass is 127. The number of carboxylic acid groups (broad SMARTS) is 1. The number of halogens is 1. The first-order chi connectivity index (χ1) is 12.3. The van der Waals surface area contributed by atoms with Crippen molar-refractivity contribution in [1.82, 2.24) is 0 Å². The molecule has 0 aliphatic heterocycles. The number of hydrogen-bond donors (Lipinski definition) is 4. The summed E-state index contributed by atoms with van der Waals surface area (Å²) in [4.78, 5) is 23.0. The normalized spacial score (nSPS) is 13.0. The topological polar surface area (TPSA) is 136 Å². The van der Waals surface area contributed by atoms with Crippen molar-refractivity contribution in [2.24, 2.45) is 11.5 Å². The van der Waals surface area contributed by atoms with Crippen LogP contribution in [0.3, 0.4) is 0 Å². The number of esters is 1. The van der Waals surface area contributed by atoms with Gasteiger partial charge in [-0.2, -0.15) is 0 Å². The van der Waals surface area contributed by atoms with Crippen molar-refractivity contribution in [3.63, 3.8) is 0 Å². The maximum atomic E-state index is 12.2. The number of carbonyl (C=O) groups is 2. The predicted molar refractivity (Wildman–Crippen MR) is 104 cm³/mol. The van der Waals surface area contributed by atoms with Crippen LogP contribution in [0.15, 0.2) is 42.5 Å². The Morgan fingerprint density at radius 1 is 1.04 bits per heavy atom. The lowest BCUT2D eigenvalue weighted by Gasteiger charge is -2.13. The fourth-order valence-corrected chi connectivity index (χ4v) is 2.99. The zero-order chi connectivity index (χ0) is 19.3. The Labute approximate surface area is 164 Å². The Balaban J connectivity index is 2.00. The van der Waals surface area contributed by atoms with E-state index in [9.17, 15) is 14.7 Å². The summed E-state index contributed by atoms with van der Waals surface area (Å²) in [5.41, 5.74) is 12.9. The maximum absolute atomic E-state index is 12.2. The minimum atomic E-state index is -1.08. The molecule has 0 spiro atoms. The van der Waals surface area contributed by atoms with Gasteiger partial charge in [-0.3, -0.25) is 4.79 Å². The number of carboxylic acids is 1. The highest BCUT2D eigenvalue weighted by molar-refractivity contribution is 14.1. The van der Waals surface area contributed by atoms with E-state index in [2.05, 4.69) is 0 Å². The summed E-state index contributed by atoms with van der Waals surface area (Å²) in [7, 11) is 0. The van der Waals surface area contributed by atoms with Crippen molar-refractivity contribution in [1.29, 1.82) is 0 Å². The van der Waals surface area contributed by atoms with Gasteiger partial charge in [0.05, 0.1) is 3.57 Å². The van der Waals surface area contributed by atoms with Crippen LogP contribution in [0.2, 0.25) is 0 Å². The molecule has 0 saturated heterocycles. The van der Waals surface area contributed by atoms with Crippen LogP contribution in [-0.2, 0) is 22.4 Å². The van der Waals surface area contributed by atoms with Gasteiger partial charge in [-0.05, 0) is 70.8 Å². The number of rotatable bonds is 7. The molecule has 0 saturated carbocycles. The molecule has 0 aliphatic rings. The molecule has 2 aromatic carbocycles. The van der Waals surface area contributed by atoms with Gasteiger partial charge in [0.15, 0.2) is 0 Å². The summed E-state index contributed by atoms with van der Waals surface area (Å²) < 4.78 is 5.98. The molecular weight excluding hydrogens is 451 g/mol. The fraction of sp³-hybridized carbons (Fsp3) is 0.222. The van der Waals surface area contributed by atoms with E-state index in [0.29, 0.717) is 9.32 Å². The highest BCUT2D eigenvalue weighted by Crippen LogP contribution is 2.23. The van der Waals surface area contributed by atoms with Crippen LogP contribution in [0.4, 0.5) is 0 Å². The van der Waals surface area contributed by atoms with Crippen LogP contribution in [0.5, 0.6) is 11.5 Å².